The summed E-state index contributed by atoms with van der Waals surface area (Å²) in [6, 6.07) is 13.0. The summed E-state index contributed by atoms with van der Waals surface area (Å²) in [6.07, 6.45) is 4.47. The van der Waals surface area contributed by atoms with Gasteiger partial charge in [0.15, 0.2) is 0 Å². The van der Waals surface area contributed by atoms with E-state index in [1.165, 1.54) is 12.8 Å². The number of hydrogen-bond acceptors (Lipinski definition) is 3. The lowest BCUT2D eigenvalue weighted by molar-refractivity contribution is -0.116. The van der Waals surface area contributed by atoms with E-state index >= 15 is 0 Å². The molecule has 0 aromatic heterocycles. The number of hydrogen-bond donors (Lipinski definition) is 1. The molecule has 0 heterocycles. The third kappa shape index (κ3) is 7.92. The Labute approximate surface area is 166 Å². The number of aryl methyl sites for hydroxylation is 1. The van der Waals surface area contributed by atoms with Crippen molar-refractivity contribution in [3.8, 4) is 11.5 Å². The SMILES string of the molecule is CCCCCOc1ccc(NC(=O)CCCOc2ccc(Cl)c(C)c2)cc1. The number of halogens is 1. The van der Waals surface area contributed by atoms with Gasteiger partial charge in [0.1, 0.15) is 11.5 Å². The molecular formula is C22H28ClNO3. The Morgan fingerprint density at radius 1 is 0.963 bits per heavy atom. The first-order valence-corrected chi connectivity index (χ1v) is 9.88. The Morgan fingerprint density at radius 2 is 1.63 bits per heavy atom. The smallest absolute Gasteiger partial charge is 0.224 e. The quantitative estimate of drug-likeness (QED) is 0.478. The van der Waals surface area contributed by atoms with E-state index in [4.69, 9.17) is 21.1 Å². The molecule has 1 N–H and O–H groups in total. The number of ether oxygens (including phenoxy) is 2. The molecule has 0 radical (unpaired) electrons. The predicted molar refractivity (Wildman–Crippen MR) is 111 cm³/mol. The number of amides is 1. The van der Waals surface area contributed by atoms with Gasteiger partial charge >= 0.3 is 0 Å². The second kappa shape index (κ2) is 11.5. The maximum Gasteiger partial charge on any atom is 0.224 e. The number of unbranched alkanes of at least 4 members (excludes halogenated alkanes) is 2. The highest BCUT2D eigenvalue weighted by atomic mass is 35.5. The highest BCUT2D eigenvalue weighted by Gasteiger charge is 2.04. The molecule has 4 nitrogen and oxygen atoms in total. The van der Waals surface area contributed by atoms with E-state index in [1.807, 2.05) is 49.4 Å². The van der Waals surface area contributed by atoms with E-state index in [0.717, 1.165) is 40.8 Å². The van der Waals surface area contributed by atoms with Crippen LogP contribution in [0.2, 0.25) is 5.02 Å². The molecule has 0 atom stereocenters. The summed E-state index contributed by atoms with van der Waals surface area (Å²) < 4.78 is 11.3. The zero-order valence-corrected chi connectivity index (χ0v) is 16.8. The highest BCUT2D eigenvalue weighted by Crippen LogP contribution is 2.21. The van der Waals surface area contributed by atoms with E-state index in [9.17, 15) is 4.79 Å². The second-order valence-electron chi connectivity index (χ2n) is 6.49. The minimum atomic E-state index is -0.0255. The largest absolute Gasteiger partial charge is 0.494 e. The molecule has 0 aliphatic heterocycles. The van der Waals surface area contributed by atoms with Gasteiger partial charge in [0.2, 0.25) is 5.91 Å². The average molecular weight is 390 g/mol. The van der Waals surface area contributed by atoms with Crippen LogP contribution in [0.25, 0.3) is 0 Å². The van der Waals surface area contributed by atoms with Crippen LogP contribution in [0.4, 0.5) is 5.69 Å². The van der Waals surface area contributed by atoms with Crippen LogP contribution in [0.5, 0.6) is 11.5 Å². The molecular weight excluding hydrogens is 362 g/mol. The van der Waals surface area contributed by atoms with Crippen LogP contribution in [0.3, 0.4) is 0 Å². The van der Waals surface area contributed by atoms with Crippen LogP contribution in [0.15, 0.2) is 42.5 Å². The molecule has 0 spiro atoms. The molecule has 2 aromatic rings. The highest BCUT2D eigenvalue weighted by molar-refractivity contribution is 6.31. The molecule has 27 heavy (non-hydrogen) atoms. The third-order valence-corrected chi connectivity index (χ3v) is 4.53. The molecule has 1 amide bonds. The standard InChI is InChI=1S/C22H28ClNO3/c1-3-4-5-14-26-19-10-8-18(9-11-19)24-22(25)7-6-15-27-20-12-13-21(23)17(2)16-20/h8-13,16H,3-7,14-15H2,1-2H3,(H,24,25). The van der Waals surface area contributed by atoms with Gasteiger partial charge in [-0.2, -0.15) is 0 Å². The molecule has 0 bridgehead atoms. The van der Waals surface area contributed by atoms with Crippen molar-refractivity contribution >= 4 is 23.2 Å². The molecule has 0 saturated carbocycles. The van der Waals surface area contributed by atoms with Crippen molar-refractivity contribution in [2.45, 2.75) is 46.0 Å². The lowest BCUT2D eigenvalue weighted by atomic mass is 10.2. The molecule has 0 aliphatic rings. The maximum absolute atomic E-state index is 12.0. The first-order chi connectivity index (χ1) is 13.1. The first-order valence-electron chi connectivity index (χ1n) is 9.50. The summed E-state index contributed by atoms with van der Waals surface area (Å²) in [7, 11) is 0. The minimum absolute atomic E-state index is 0.0255. The van der Waals surface area contributed by atoms with Crippen LogP contribution >= 0.6 is 11.6 Å². The maximum atomic E-state index is 12.0. The monoisotopic (exact) mass is 389 g/mol. The van der Waals surface area contributed by atoms with Crippen molar-refractivity contribution in [2.75, 3.05) is 18.5 Å². The number of carbonyl (C=O) groups is 1. The molecule has 146 valence electrons. The summed E-state index contributed by atoms with van der Waals surface area (Å²) in [5.41, 5.74) is 1.75. The molecule has 5 heteroatoms. The third-order valence-electron chi connectivity index (χ3n) is 4.10. The lowest BCUT2D eigenvalue weighted by Gasteiger charge is -2.09. The van der Waals surface area contributed by atoms with Crippen molar-refractivity contribution in [3.05, 3.63) is 53.1 Å². The lowest BCUT2D eigenvalue weighted by Crippen LogP contribution is -2.12. The fourth-order valence-electron chi connectivity index (χ4n) is 2.53. The van der Waals surface area contributed by atoms with Gasteiger partial charge in [-0.1, -0.05) is 31.4 Å². The Balaban J connectivity index is 1.65. The van der Waals surface area contributed by atoms with Gasteiger partial charge in [0.05, 0.1) is 13.2 Å². The number of anilines is 1. The van der Waals surface area contributed by atoms with Gasteiger partial charge in [-0.05, 0) is 67.8 Å². The molecule has 0 fully saturated rings. The van der Waals surface area contributed by atoms with Crippen LogP contribution in [0.1, 0.15) is 44.6 Å². The zero-order chi connectivity index (χ0) is 19.5. The Hall–Kier alpha value is -2.20. The number of benzene rings is 2. The van der Waals surface area contributed by atoms with Gasteiger partial charge in [0.25, 0.3) is 0 Å². The fraction of sp³-hybridized carbons (Fsp3) is 0.409. The summed E-state index contributed by atoms with van der Waals surface area (Å²) in [4.78, 5) is 12.0. The van der Waals surface area contributed by atoms with E-state index in [2.05, 4.69) is 12.2 Å². The van der Waals surface area contributed by atoms with Crippen LogP contribution in [-0.4, -0.2) is 19.1 Å². The number of nitrogens with one attached hydrogen (secondary N) is 1. The van der Waals surface area contributed by atoms with E-state index < -0.39 is 0 Å². The van der Waals surface area contributed by atoms with E-state index in [0.29, 0.717) is 19.4 Å². The first kappa shape index (κ1) is 21.1. The Kier molecular flexibility index (Phi) is 8.99. The van der Waals surface area contributed by atoms with Gasteiger partial charge < -0.3 is 14.8 Å². The van der Waals surface area contributed by atoms with Crippen molar-refractivity contribution in [1.82, 2.24) is 0 Å². The van der Waals surface area contributed by atoms with Gasteiger partial charge in [-0.3, -0.25) is 4.79 Å². The molecule has 0 aliphatic carbocycles. The van der Waals surface area contributed by atoms with Gasteiger partial charge in [-0.15, -0.1) is 0 Å². The average Bonchev–Trinajstić information content (AvgIpc) is 2.66. The summed E-state index contributed by atoms with van der Waals surface area (Å²) in [6.45, 7) is 5.32. The van der Waals surface area contributed by atoms with Crippen LogP contribution < -0.4 is 14.8 Å². The fourth-order valence-corrected chi connectivity index (χ4v) is 2.65. The van der Waals surface area contributed by atoms with Crippen LogP contribution in [0, 0.1) is 6.92 Å². The number of carbonyl (C=O) groups excluding carboxylic acids is 1. The normalized spacial score (nSPS) is 10.5. The van der Waals surface area contributed by atoms with E-state index in [-0.39, 0.29) is 5.91 Å². The Morgan fingerprint density at radius 3 is 2.33 bits per heavy atom. The van der Waals surface area contributed by atoms with E-state index in [1.54, 1.807) is 0 Å². The summed E-state index contributed by atoms with van der Waals surface area (Å²) >= 11 is 5.99. The molecule has 0 saturated heterocycles. The Bertz CT molecular complexity index is 716. The van der Waals surface area contributed by atoms with Gasteiger partial charge in [0, 0.05) is 17.1 Å². The minimum Gasteiger partial charge on any atom is -0.494 e. The van der Waals surface area contributed by atoms with Gasteiger partial charge in [-0.25, -0.2) is 0 Å². The molecule has 2 rings (SSSR count). The van der Waals surface area contributed by atoms with Crippen molar-refractivity contribution in [2.24, 2.45) is 0 Å². The zero-order valence-electron chi connectivity index (χ0n) is 16.1. The summed E-state index contributed by atoms with van der Waals surface area (Å²) in [5, 5.41) is 3.61. The van der Waals surface area contributed by atoms with Crippen molar-refractivity contribution in [1.29, 1.82) is 0 Å². The molecule has 0 unspecified atom stereocenters. The summed E-state index contributed by atoms with van der Waals surface area (Å²) in [5.74, 6) is 1.57. The predicted octanol–water partition coefficient (Wildman–Crippen LogP) is 6.02. The van der Waals surface area contributed by atoms with Crippen LogP contribution in [-0.2, 0) is 4.79 Å². The second-order valence-corrected chi connectivity index (χ2v) is 6.90. The number of rotatable bonds is 11. The van der Waals surface area contributed by atoms with Crippen molar-refractivity contribution in [3.63, 3.8) is 0 Å². The topological polar surface area (TPSA) is 47.6 Å². The van der Waals surface area contributed by atoms with Crippen molar-refractivity contribution < 1.29 is 14.3 Å². The molecule has 2 aromatic carbocycles.